The molecule has 2 amide bonds. The Morgan fingerprint density at radius 1 is 1.07 bits per heavy atom. The molecule has 2 aromatic carbocycles. The van der Waals surface area contributed by atoms with E-state index in [1.54, 1.807) is 28.9 Å². The molecule has 0 spiro atoms. The molecule has 2 heterocycles. The average molecular weight is 428 g/mol. The van der Waals surface area contributed by atoms with Gasteiger partial charge in [-0.25, -0.2) is 0 Å². The molecule has 0 bridgehead atoms. The van der Waals surface area contributed by atoms with Crippen molar-refractivity contribution in [3.05, 3.63) is 65.2 Å². The van der Waals surface area contributed by atoms with Crippen LogP contribution in [0.1, 0.15) is 29.6 Å². The lowest BCUT2D eigenvalue weighted by Crippen LogP contribution is -2.41. The minimum atomic E-state index is -0.429. The number of hydrogen-bond acceptors (Lipinski definition) is 6. The molecule has 0 saturated carbocycles. The van der Waals surface area contributed by atoms with Crippen molar-refractivity contribution in [1.29, 1.82) is 0 Å². The van der Waals surface area contributed by atoms with E-state index in [-0.39, 0.29) is 11.8 Å². The van der Waals surface area contributed by atoms with E-state index in [0.29, 0.717) is 28.7 Å². The van der Waals surface area contributed by atoms with Crippen molar-refractivity contribution in [1.82, 2.24) is 25.1 Å². The fraction of sp³-hybridized carbons (Fsp3) is 0.250. The molecule has 1 saturated heterocycles. The number of para-hydroxylation sites is 1. The Hall–Kier alpha value is -2.71. The molecule has 1 atom stereocenters. The lowest BCUT2D eigenvalue weighted by atomic mass is 10.2. The molecular weight excluding hydrogens is 410 g/mol. The first-order valence-electron chi connectivity index (χ1n) is 9.25. The van der Waals surface area contributed by atoms with Gasteiger partial charge in [-0.1, -0.05) is 48.0 Å². The summed E-state index contributed by atoms with van der Waals surface area (Å²) in [4.78, 5) is 27.4. The number of halogens is 1. The van der Waals surface area contributed by atoms with Crippen molar-refractivity contribution in [2.45, 2.75) is 29.7 Å². The third-order valence-corrected chi connectivity index (χ3v) is 6.10. The minimum absolute atomic E-state index is 0.213. The van der Waals surface area contributed by atoms with E-state index >= 15 is 0 Å². The van der Waals surface area contributed by atoms with Gasteiger partial charge in [0.1, 0.15) is 0 Å². The predicted molar refractivity (Wildman–Crippen MR) is 110 cm³/mol. The van der Waals surface area contributed by atoms with Gasteiger partial charge in [-0.05, 0) is 59.7 Å². The number of benzene rings is 2. The van der Waals surface area contributed by atoms with Crippen LogP contribution in [0, 0.1) is 0 Å². The van der Waals surface area contributed by atoms with Crippen molar-refractivity contribution in [2.75, 3.05) is 6.54 Å². The fourth-order valence-electron chi connectivity index (χ4n) is 3.18. The number of carbonyl (C=O) groups is 2. The summed E-state index contributed by atoms with van der Waals surface area (Å²) in [6.07, 6.45) is 2.28. The van der Waals surface area contributed by atoms with Gasteiger partial charge >= 0.3 is 0 Å². The Labute approximate surface area is 177 Å². The van der Waals surface area contributed by atoms with Crippen LogP contribution in [0.15, 0.2) is 59.8 Å². The second-order valence-corrected chi connectivity index (χ2v) is 8.22. The highest BCUT2D eigenvalue weighted by Crippen LogP contribution is 2.30. The van der Waals surface area contributed by atoms with Gasteiger partial charge in [-0.2, -0.15) is 4.68 Å². The average Bonchev–Trinajstić information content (AvgIpc) is 3.13. The van der Waals surface area contributed by atoms with Crippen LogP contribution in [0.5, 0.6) is 0 Å². The number of likely N-dealkylation sites (tertiary alicyclic amines) is 1. The number of imide groups is 1. The number of rotatable bonds is 4. The molecule has 148 valence electrons. The van der Waals surface area contributed by atoms with E-state index < -0.39 is 5.25 Å². The first kappa shape index (κ1) is 19.6. The van der Waals surface area contributed by atoms with Gasteiger partial charge in [0.15, 0.2) is 0 Å². The topological polar surface area (TPSA) is 81.0 Å². The van der Waals surface area contributed by atoms with Crippen LogP contribution in [-0.2, 0) is 4.79 Å². The van der Waals surface area contributed by atoms with Crippen molar-refractivity contribution in [3.63, 3.8) is 0 Å². The summed E-state index contributed by atoms with van der Waals surface area (Å²) in [5, 5.41) is 12.5. The quantitative estimate of drug-likeness (QED) is 0.591. The highest BCUT2D eigenvalue weighted by Gasteiger charge is 2.33. The van der Waals surface area contributed by atoms with E-state index in [9.17, 15) is 9.59 Å². The minimum Gasteiger partial charge on any atom is -0.278 e. The summed E-state index contributed by atoms with van der Waals surface area (Å²) in [5.74, 6) is -0.517. The monoisotopic (exact) mass is 427 g/mol. The number of aromatic nitrogens is 4. The van der Waals surface area contributed by atoms with Crippen LogP contribution in [0.2, 0.25) is 5.02 Å². The maximum Gasteiger partial charge on any atom is 0.260 e. The second-order valence-electron chi connectivity index (χ2n) is 6.61. The summed E-state index contributed by atoms with van der Waals surface area (Å²) >= 11 is 7.20. The van der Waals surface area contributed by atoms with Gasteiger partial charge in [0, 0.05) is 17.1 Å². The Kier molecular flexibility index (Phi) is 5.92. The van der Waals surface area contributed by atoms with Crippen LogP contribution >= 0.6 is 23.4 Å². The van der Waals surface area contributed by atoms with Gasteiger partial charge in [0.2, 0.25) is 11.1 Å². The molecule has 1 aliphatic rings. The number of thioether (sulfide) groups is 1. The molecule has 1 fully saturated rings. The Morgan fingerprint density at radius 2 is 1.83 bits per heavy atom. The lowest BCUT2D eigenvalue weighted by Gasteiger charge is -2.22. The Bertz CT molecular complexity index is 1010. The zero-order valence-corrected chi connectivity index (χ0v) is 17.0. The second kappa shape index (κ2) is 8.75. The van der Waals surface area contributed by atoms with E-state index in [1.165, 1.54) is 16.7 Å². The summed E-state index contributed by atoms with van der Waals surface area (Å²) in [6.45, 7) is 0.404. The molecule has 7 nitrogen and oxygen atoms in total. The summed E-state index contributed by atoms with van der Waals surface area (Å²) in [7, 11) is 0. The molecule has 4 rings (SSSR count). The van der Waals surface area contributed by atoms with Gasteiger partial charge in [-0.15, -0.1) is 5.10 Å². The van der Waals surface area contributed by atoms with Crippen LogP contribution in [-0.4, -0.2) is 48.7 Å². The Morgan fingerprint density at radius 3 is 2.59 bits per heavy atom. The zero-order chi connectivity index (χ0) is 20.2. The number of tetrazole rings is 1. The largest absolute Gasteiger partial charge is 0.278 e. The van der Waals surface area contributed by atoms with Gasteiger partial charge in [-0.3, -0.25) is 14.5 Å². The molecule has 0 aliphatic carbocycles. The molecule has 3 aromatic rings. The highest BCUT2D eigenvalue weighted by molar-refractivity contribution is 8.00. The molecule has 1 aliphatic heterocycles. The van der Waals surface area contributed by atoms with Crippen LogP contribution < -0.4 is 0 Å². The van der Waals surface area contributed by atoms with E-state index in [0.717, 1.165) is 18.5 Å². The molecular formula is C20H18ClN5O2S. The lowest BCUT2D eigenvalue weighted by molar-refractivity contribution is -0.127. The standard InChI is InChI=1S/C20H18ClN5O2S/c21-15-11-9-14(10-12-15)18(27)25-13-5-4-8-17(19(25)28)29-20-22-23-24-26(20)16-6-2-1-3-7-16/h1-3,6-7,9-12,17H,4-5,8,13H2/t17-/m1/s1. The molecule has 1 aromatic heterocycles. The summed E-state index contributed by atoms with van der Waals surface area (Å²) in [5.41, 5.74) is 1.26. The predicted octanol–water partition coefficient (Wildman–Crippen LogP) is 3.63. The first-order valence-corrected chi connectivity index (χ1v) is 10.5. The fourth-order valence-corrected chi connectivity index (χ4v) is 4.40. The summed E-state index contributed by atoms with van der Waals surface area (Å²) in [6, 6.07) is 16.1. The first-order chi connectivity index (χ1) is 14.1. The summed E-state index contributed by atoms with van der Waals surface area (Å²) < 4.78 is 1.61. The maximum absolute atomic E-state index is 13.2. The van der Waals surface area contributed by atoms with Gasteiger partial charge in [0.05, 0.1) is 10.9 Å². The van der Waals surface area contributed by atoms with Crippen molar-refractivity contribution < 1.29 is 9.59 Å². The third kappa shape index (κ3) is 4.33. The molecule has 29 heavy (non-hydrogen) atoms. The number of nitrogens with zero attached hydrogens (tertiary/aromatic N) is 5. The smallest absolute Gasteiger partial charge is 0.260 e. The Balaban J connectivity index is 1.56. The van der Waals surface area contributed by atoms with Crippen molar-refractivity contribution in [2.24, 2.45) is 0 Å². The highest BCUT2D eigenvalue weighted by atomic mass is 35.5. The van der Waals surface area contributed by atoms with Crippen molar-refractivity contribution >= 4 is 35.2 Å². The van der Waals surface area contributed by atoms with Crippen LogP contribution in [0.4, 0.5) is 0 Å². The molecule has 0 radical (unpaired) electrons. The maximum atomic E-state index is 13.2. The number of hydrogen-bond donors (Lipinski definition) is 0. The van der Waals surface area contributed by atoms with Gasteiger partial charge < -0.3 is 0 Å². The van der Waals surface area contributed by atoms with Crippen LogP contribution in [0.25, 0.3) is 5.69 Å². The van der Waals surface area contributed by atoms with E-state index in [1.807, 2.05) is 30.3 Å². The number of carbonyl (C=O) groups excluding carboxylic acids is 2. The van der Waals surface area contributed by atoms with E-state index in [4.69, 9.17) is 11.6 Å². The number of amides is 2. The molecule has 9 heteroatoms. The third-order valence-electron chi connectivity index (χ3n) is 4.67. The normalized spacial score (nSPS) is 17.2. The SMILES string of the molecule is O=C(c1ccc(Cl)cc1)N1CCCC[C@@H](Sc2nnnn2-c2ccccc2)C1=O. The van der Waals surface area contributed by atoms with E-state index in [2.05, 4.69) is 15.5 Å². The zero-order valence-electron chi connectivity index (χ0n) is 15.4. The van der Waals surface area contributed by atoms with Gasteiger partial charge in [0.25, 0.3) is 5.91 Å². The van der Waals surface area contributed by atoms with Crippen LogP contribution in [0.3, 0.4) is 0 Å². The molecule has 0 N–H and O–H groups in total. The van der Waals surface area contributed by atoms with Crippen molar-refractivity contribution in [3.8, 4) is 5.69 Å². The molecule has 0 unspecified atom stereocenters.